The number of hydrogen-bond acceptors (Lipinski definition) is 4. The van der Waals surface area contributed by atoms with Crippen LogP contribution in [0.25, 0.3) is 0 Å². The molecule has 1 aromatic carbocycles. The number of anilines is 3. The highest BCUT2D eigenvalue weighted by atomic mass is 15.2. The Morgan fingerprint density at radius 2 is 1.74 bits per heavy atom. The highest BCUT2D eigenvalue weighted by molar-refractivity contribution is 5.66. The molecule has 2 N–H and O–H groups in total. The Morgan fingerprint density at radius 3 is 2.32 bits per heavy atom. The summed E-state index contributed by atoms with van der Waals surface area (Å²) in [5, 5.41) is 0. The summed E-state index contributed by atoms with van der Waals surface area (Å²) in [6, 6.07) is 8.50. The van der Waals surface area contributed by atoms with Gasteiger partial charge in [0, 0.05) is 18.3 Å². The van der Waals surface area contributed by atoms with E-state index in [9.17, 15) is 0 Å². The van der Waals surface area contributed by atoms with Gasteiger partial charge in [0.1, 0.15) is 18.0 Å². The molecule has 4 heteroatoms. The quantitative estimate of drug-likeness (QED) is 0.913. The molecule has 0 saturated heterocycles. The first-order chi connectivity index (χ1) is 9.17. The number of rotatable bonds is 4. The van der Waals surface area contributed by atoms with Crippen LogP contribution in [0.15, 0.2) is 30.6 Å². The van der Waals surface area contributed by atoms with Crippen molar-refractivity contribution in [2.75, 3.05) is 17.7 Å². The Morgan fingerprint density at radius 1 is 1.05 bits per heavy atom. The Labute approximate surface area is 114 Å². The van der Waals surface area contributed by atoms with E-state index in [1.54, 1.807) is 0 Å². The van der Waals surface area contributed by atoms with Crippen molar-refractivity contribution in [3.05, 3.63) is 41.7 Å². The van der Waals surface area contributed by atoms with Crippen molar-refractivity contribution in [2.24, 2.45) is 0 Å². The summed E-state index contributed by atoms with van der Waals surface area (Å²) >= 11 is 0. The minimum Gasteiger partial charge on any atom is -0.383 e. The van der Waals surface area contributed by atoms with Crippen LogP contribution in [0.5, 0.6) is 0 Å². The van der Waals surface area contributed by atoms with Gasteiger partial charge in [-0.25, -0.2) is 9.97 Å². The highest BCUT2D eigenvalue weighted by Gasteiger charge is 2.12. The molecular weight excluding hydrogens is 236 g/mol. The second-order valence-corrected chi connectivity index (χ2v) is 4.49. The van der Waals surface area contributed by atoms with Gasteiger partial charge in [-0.1, -0.05) is 26.0 Å². The van der Waals surface area contributed by atoms with Crippen molar-refractivity contribution < 1.29 is 0 Å². The Hall–Kier alpha value is -2.10. The molecule has 0 amide bonds. The van der Waals surface area contributed by atoms with Gasteiger partial charge in [0.05, 0.1) is 0 Å². The second kappa shape index (κ2) is 5.69. The zero-order valence-electron chi connectivity index (χ0n) is 11.7. The van der Waals surface area contributed by atoms with Crippen molar-refractivity contribution in [3.63, 3.8) is 0 Å². The van der Waals surface area contributed by atoms with Crippen LogP contribution in [0.3, 0.4) is 0 Å². The molecule has 0 unspecified atom stereocenters. The maximum absolute atomic E-state index is 5.92. The highest BCUT2D eigenvalue weighted by Crippen LogP contribution is 2.27. The zero-order valence-corrected chi connectivity index (χ0v) is 11.7. The molecule has 100 valence electrons. The standard InChI is InChI=1S/C15H20N4/c1-4-11-6-8-12(9-7-11)19(3)15-13(5-2)14(16)17-10-18-15/h6-10H,4-5H2,1-3H3,(H2,16,17,18). The lowest BCUT2D eigenvalue weighted by atomic mass is 10.1. The third-order valence-electron chi connectivity index (χ3n) is 3.36. The van der Waals surface area contributed by atoms with Gasteiger partial charge < -0.3 is 10.6 Å². The molecule has 19 heavy (non-hydrogen) atoms. The normalized spacial score (nSPS) is 10.5. The minimum absolute atomic E-state index is 0.560. The van der Waals surface area contributed by atoms with Crippen molar-refractivity contribution in [2.45, 2.75) is 26.7 Å². The van der Waals surface area contributed by atoms with Crippen LogP contribution in [0.1, 0.15) is 25.0 Å². The van der Waals surface area contributed by atoms with E-state index in [0.29, 0.717) is 5.82 Å². The number of nitrogen functional groups attached to an aromatic ring is 1. The van der Waals surface area contributed by atoms with Gasteiger partial charge in [-0.05, 0) is 30.5 Å². The van der Waals surface area contributed by atoms with Gasteiger partial charge in [-0.3, -0.25) is 0 Å². The molecular formula is C15H20N4. The van der Waals surface area contributed by atoms with Crippen LogP contribution in [-0.4, -0.2) is 17.0 Å². The monoisotopic (exact) mass is 256 g/mol. The van der Waals surface area contributed by atoms with Crippen LogP contribution in [-0.2, 0) is 12.8 Å². The summed E-state index contributed by atoms with van der Waals surface area (Å²) in [6.45, 7) is 4.21. The SMILES string of the molecule is CCc1ccc(N(C)c2ncnc(N)c2CC)cc1. The number of aromatic nitrogens is 2. The summed E-state index contributed by atoms with van der Waals surface area (Å²) in [5.41, 5.74) is 9.34. The molecule has 0 radical (unpaired) electrons. The van der Waals surface area contributed by atoms with Gasteiger partial charge >= 0.3 is 0 Å². The molecule has 2 aromatic rings. The lowest BCUT2D eigenvalue weighted by Crippen LogP contribution is -2.15. The van der Waals surface area contributed by atoms with Gasteiger partial charge in [-0.2, -0.15) is 0 Å². The van der Waals surface area contributed by atoms with Crippen LogP contribution in [0, 0.1) is 0 Å². The largest absolute Gasteiger partial charge is 0.383 e. The topological polar surface area (TPSA) is 55.0 Å². The number of nitrogens with zero attached hydrogens (tertiary/aromatic N) is 3. The Balaban J connectivity index is 2.37. The summed E-state index contributed by atoms with van der Waals surface area (Å²) in [5.74, 6) is 1.43. The maximum atomic E-state index is 5.92. The van der Waals surface area contributed by atoms with E-state index < -0.39 is 0 Å². The Kier molecular flexibility index (Phi) is 4.00. The number of benzene rings is 1. The molecule has 0 aliphatic rings. The van der Waals surface area contributed by atoms with Gasteiger partial charge in [0.25, 0.3) is 0 Å². The van der Waals surface area contributed by atoms with Gasteiger partial charge in [0.15, 0.2) is 0 Å². The third kappa shape index (κ3) is 2.67. The molecule has 4 nitrogen and oxygen atoms in total. The average Bonchev–Trinajstić information content (AvgIpc) is 2.46. The molecule has 0 saturated carbocycles. The first kappa shape index (κ1) is 13.3. The van der Waals surface area contributed by atoms with Crippen LogP contribution < -0.4 is 10.6 Å². The van der Waals surface area contributed by atoms with Crippen molar-refractivity contribution in [1.82, 2.24) is 9.97 Å². The van der Waals surface area contributed by atoms with Crippen molar-refractivity contribution >= 4 is 17.3 Å². The lowest BCUT2D eigenvalue weighted by molar-refractivity contribution is 1.01. The van der Waals surface area contributed by atoms with E-state index in [-0.39, 0.29) is 0 Å². The van der Waals surface area contributed by atoms with Crippen LogP contribution >= 0.6 is 0 Å². The lowest BCUT2D eigenvalue weighted by Gasteiger charge is -2.21. The van der Waals surface area contributed by atoms with E-state index in [1.807, 2.05) is 7.05 Å². The van der Waals surface area contributed by atoms with Gasteiger partial charge in [-0.15, -0.1) is 0 Å². The fraction of sp³-hybridized carbons (Fsp3) is 0.333. The summed E-state index contributed by atoms with van der Waals surface area (Å²) in [7, 11) is 2.00. The maximum Gasteiger partial charge on any atom is 0.141 e. The van der Waals surface area contributed by atoms with E-state index in [1.165, 1.54) is 11.9 Å². The predicted octanol–water partition coefficient (Wildman–Crippen LogP) is 2.95. The minimum atomic E-state index is 0.560. The van der Waals surface area contributed by atoms with E-state index in [0.717, 1.165) is 29.9 Å². The molecule has 0 spiro atoms. The number of hydrogen-bond donors (Lipinski definition) is 1. The summed E-state index contributed by atoms with van der Waals surface area (Å²) in [4.78, 5) is 10.5. The third-order valence-corrected chi connectivity index (χ3v) is 3.36. The summed E-state index contributed by atoms with van der Waals surface area (Å²) in [6.07, 6.45) is 3.38. The fourth-order valence-electron chi connectivity index (χ4n) is 2.12. The van der Waals surface area contributed by atoms with Crippen LogP contribution in [0.4, 0.5) is 17.3 Å². The molecule has 2 rings (SSSR count). The molecule has 0 aliphatic carbocycles. The zero-order chi connectivity index (χ0) is 13.8. The predicted molar refractivity (Wildman–Crippen MR) is 79.7 cm³/mol. The molecule has 0 bridgehead atoms. The van der Waals surface area contributed by atoms with E-state index in [4.69, 9.17) is 5.73 Å². The second-order valence-electron chi connectivity index (χ2n) is 4.49. The Bertz CT molecular complexity index is 549. The molecule has 1 heterocycles. The molecule has 0 fully saturated rings. The first-order valence-corrected chi connectivity index (χ1v) is 6.59. The van der Waals surface area contributed by atoms with Crippen molar-refractivity contribution in [3.8, 4) is 0 Å². The van der Waals surface area contributed by atoms with E-state index >= 15 is 0 Å². The van der Waals surface area contributed by atoms with Crippen molar-refractivity contribution in [1.29, 1.82) is 0 Å². The summed E-state index contributed by atoms with van der Waals surface area (Å²) < 4.78 is 0. The smallest absolute Gasteiger partial charge is 0.141 e. The number of nitrogens with two attached hydrogens (primary N) is 1. The fourth-order valence-corrected chi connectivity index (χ4v) is 2.12. The van der Waals surface area contributed by atoms with Crippen LogP contribution in [0.2, 0.25) is 0 Å². The average molecular weight is 256 g/mol. The number of aryl methyl sites for hydroxylation is 1. The molecule has 1 aromatic heterocycles. The first-order valence-electron chi connectivity index (χ1n) is 6.59. The molecule has 0 aliphatic heterocycles. The molecule has 0 atom stereocenters. The van der Waals surface area contributed by atoms with Gasteiger partial charge in [0.2, 0.25) is 0 Å². The van der Waals surface area contributed by atoms with E-state index in [2.05, 4.69) is 53.0 Å².